The summed E-state index contributed by atoms with van der Waals surface area (Å²) in [6, 6.07) is 8.81. The molecule has 0 radical (unpaired) electrons. The van der Waals surface area contributed by atoms with Gasteiger partial charge in [0.1, 0.15) is 0 Å². The van der Waals surface area contributed by atoms with Crippen molar-refractivity contribution in [3.05, 3.63) is 24.3 Å². The Hall–Kier alpha value is -1.51. The molecule has 0 bridgehead atoms. The van der Waals surface area contributed by atoms with E-state index in [1.165, 1.54) is 44.9 Å². The summed E-state index contributed by atoms with van der Waals surface area (Å²) >= 11 is 0. The van der Waals surface area contributed by atoms with Gasteiger partial charge in [-0.05, 0) is 49.9 Å². The third kappa shape index (κ3) is 3.99. The van der Waals surface area contributed by atoms with E-state index in [2.05, 4.69) is 22.8 Å². The fourth-order valence-electron chi connectivity index (χ4n) is 3.56. The van der Waals surface area contributed by atoms with Crippen molar-refractivity contribution in [2.75, 3.05) is 10.6 Å². The van der Waals surface area contributed by atoms with Gasteiger partial charge in [0.25, 0.3) is 0 Å². The lowest BCUT2D eigenvalue weighted by Gasteiger charge is -2.21. The van der Waals surface area contributed by atoms with Gasteiger partial charge in [-0.25, -0.2) is 0 Å². The second-order valence-electron chi connectivity index (χ2n) is 6.53. The van der Waals surface area contributed by atoms with E-state index >= 15 is 0 Å². The Morgan fingerprint density at radius 2 is 1.38 bits per heavy atom. The maximum Gasteiger partial charge on any atom is 0.227 e. The van der Waals surface area contributed by atoms with Crippen molar-refractivity contribution in [2.24, 2.45) is 5.92 Å². The molecule has 2 N–H and O–H groups in total. The maximum atomic E-state index is 12.2. The normalized spacial score (nSPS) is 20.4. The molecule has 2 saturated carbocycles. The molecule has 0 atom stereocenters. The van der Waals surface area contributed by atoms with Crippen LogP contribution in [0.15, 0.2) is 24.3 Å². The minimum atomic E-state index is 0.200. The summed E-state index contributed by atoms with van der Waals surface area (Å²) in [6.45, 7) is 0. The van der Waals surface area contributed by atoms with Crippen LogP contribution in [0.2, 0.25) is 0 Å². The predicted molar refractivity (Wildman–Crippen MR) is 87.5 cm³/mol. The topological polar surface area (TPSA) is 41.1 Å². The minimum Gasteiger partial charge on any atom is -0.382 e. The van der Waals surface area contributed by atoms with Crippen LogP contribution in [0.1, 0.15) is 57.8 Å². The number of rotatable bonds is 4. The van der Waals surface area contributed by atoms with Gasteiger partial charge in [-0.2, -0.15) is 0 Å². The Balaban J connectivity index is 1.52. The Morgan fingerprint density at radius 3 is 2.05 bits per heavy atom. The van der Waals surface area contributed by atoms with Gasteiger partial charge >= 0.3 is 0 Å². The zero-order chi connectivity index (χ0) is 14.5. The summed E-state index contributed by atoms with van der Waals surface area (Å²) in [7, 11) is 0. The van der Waals surface area contributed by atoms with Crippen LogP contribution in [-0.4, -0.2) is 11.9 Å². The summed E-state index contributed by atoms with van der Waals surface area (Å²) in [6.07, 6.45) is 11.0. The molecular formula is C18H26N2O. The van der Waals surface area contributed by atoms with E-state index < -0.39 is 0 Å². The minimum absolute atomic E-state index is 0.200. The van der Waals surface area contributed by atoms with Crippen LogP contribution in [0.25, 0.3) is 0 Å². The second-order valence-corrected chi connectivity index (χ2v) is 6.53. The molecule has 2 fully saturated rings. The highest BCUT2D eigenvalue weighted by Crippen LogP contribution is 2.26. The number of carbonyl (C=O) groups is 1. The van der Waals surface area contributed by atoms with E-state index in [9.17, 15) is 4.79 Å². The molecule has 1 aromatic carbocycles. The Bertz CT molecular complexity index is 457. The number of anilines is 2. The number of hydrogen-bond donors (Lipinski definition) is 2. The Morgan fingerprint density at radius 1 is 0.810 bits per heavy atom. The third-order valence-corrected chi connectivity index (χ3v) is 4.85. The fraction of sp³-hybridized carbons (Fsp3) is 0.611. The van der Waals surface area contributed by atoms with Gasteiger partial charge in [-0.1, -0.05) is 32.1 Å². The van der Waals surface area contributed by atoms with Crippen molar-refractivity contribution in [1.29, 1.82) is 0 Å². The van der Waals surface area contributed by atoms with Crippen LogP contribution < -0.4 is 10.6 Å². The number of hydrogen-bond acceptors (Lipinski definition) is 2. The van der Waals surface area contributed by atoms with E-state index in [0.29, 0.717) is 6.04 Å². The lowest BCUT2D eigenvalue weighted by molar-refractivity contribution is -0.120. The summed E-state index contributed by atoms with van der Waals surface area (Å²) in [5.41, 5.74) is 2.08. The smallest absolute Gasteiger partial charge is 0.227 e. The van der Waals surface area contributed by atoms with Gasteiger partial charge in [0.15, 0.2) is 0 Å². The molecular weight excluding hydrogens is 260 g/mol. The summed E-state index contributed by atoms with van der Waals surface area (Å²) in [5, 5.41) is 6.64. The molecule has 1 aromatic rings. The van der Waals surface area contributed by atoms with Crippen molar-refractivity contribution in [3.63, 3.8) is 0 Å². The molecule has 3 heteroatoms. The highest BCUT2D eigenvalue weighted by Gasteiger charge is 2.21. The predicted octanol–water partition coefficient (Wildman–Crippen LogP) is 4.56. The largest absolute Gasteiger partial charge is 0.382 e. The highest BCUT2D eigenvalue weighted by atomic mass is 16.1. The second kappa shape index (κ2) is 6.97. The molecule has 3 rings (SSSR count). The number of nitrogens with one attached hydrogen (secondary N) is 2. The molecule has 0 saturated heterocycles. The Kier molecular flexibility index (Phi) is 4.79. The van der Waals surface area contributed by atoms with Crippen molar-refractivity contribution in [1.82, 2.24) is 0 Å². The van der Waals surface area contributed by atoms with E-state index in [4.69, 9.17) is 0 Å². The van der Waals surface area contributed by atoms with Crippen LogP contribution in [-0.2, 0) is 4.79 Å². The van der Waals surface area contributed by atoms with Crippen molar-refractivity contribution < 1.29 is 4.79 Å². The first kappa shape index (κ1) is 14.4. The first-order valence-corrected chi connectivity index (χ1v) is 8.49. The number of amides is 1. The van der Waals surface area contributed by atoms with Gasteiger partial charge in [0.2, 0.25) is 5.91 Å². The first-order chi connectivity index (χ1) is 10.3. The summed E-state index contributed by atoms with van der Waals surface area (Å²) in [4.78, 5) is 12.2. The van der Waals surface area contributed by atoms with Crippen molar-refractivity contribution in [2.45, 2.75) is 63.8 Å². The van der Waals surface area contributed by atoms with Crippen molar-refractivity contribution in [3.8, 4) is 0 Å². The summed E-state index contributed by atoms with van der Waals surface area (Å²) < 4.78 is 0. The Labute approximate surface area is 127 Å². The van der Waals surface area contributed by atoms with Gasteiger partial charge in [0, 0.05) is 23.3 Å². The summed E-state index contributed by atoms with van der Waals surface area (Å²) in [5.74, 6) is 0.418. The van der Waals surface area contributed by atoms with Crippen LogP contribution in [0, 0.1) is 5.92 Å². The van der Waals surface area contributed by atoms with Crippen LogP contribution >= 0.6 is 0 Å². The zero-order valence-electron chi connectivity index (χ0n) is 12.7. The van der Waals surface area contributed by atoms with E-state index in [0.717, 1.165) is 24.2 Å². The van der Waals surface area contributed by atoms with E-state index in [1.807, 2.05) is 12.1 Å². The highest BCUT2D eigenvalue weighted by molar-refractivity contribution is 5.92. The van der Waals surface area contributed by atoms with E-state index in [1.54, 1.807) is 0 Å². The molecule has 0 spiro atoms. The average Bonchev–Trinajstić information content (AvgIpc) is 3.03. The van der Waals surface area contributed by atoms with Crippen molar-refractivity contribution >= 4 is 17.3 Å². The van der Waals surface area contributed by atoms with Gasteiger partial charge in [-0.15, -0.1) is 0 Å². The third-order valence-electron chi connectivity index (χ3n) is 4.85. The quantitative estimate of drug-likeness (QED) is 0.852. The molecule has 0 unspecified atom stereocenters. The molecule has 1 amide bonds. The monoisotopic (exact) mass is 286 g/mol. The maximum absolute atomic E-state index is 12.2. The molecule has 2 aliphatic carbocycles. The van der Waals surface area contributed by atoms with Crippen LogP contribution in [0.3, 0.4) is 0 Å². The fourth-order valence-corrected chi connectivity index (χ4v) is 3.56. The first-order valence-electron chi connectivity index (χ1n) is 8.49. The van der Waals surface area contributed by atoms with Crippen LogP contribution in [0.5, 0.6) is 0 Å². The molecule has 21 heavy (non-hydrogen) atoms. The molecule has 2 aliphatic rings. The standard InChI is InChI=1S/C18H26N2O/c21-18(14-6-2-1-3-7-14)20-17-12-10-16(11-13-17)19-15-8-4-5-9-15/h10-15,19H,1-9H2,(H,20,21). The number of carbonyl (C=O) groups excluding carboxylic acids is 1. The van der Waals surface area contributed by atoms with Crippen LogP contribution in [0.4, 0.5) is 11.4 Å². The molecule has 0 aliphatic heterocycles. The van der Waals surface area contributed by atoms with Gasteiger partial charge in [-0.3, -0.25) is 4.79 Å². The molecule has 114 valence electrons. The lowest BCUT2D eigenvalue weighted by atomic mass is 9.88. The average molecular weight is 286 g/mol. The number of benzene rings is 1. The SMILES string of the molecule is O=C(Nc1ccc(NC2CCCC2)cc1)C1CCCCC1. The lowest BCUT2D eigenvalue weighted by Crippen LogP contribution is -2.24. The zero-order valence-corrected chi connectivity index (χ0v) is 12.7. The van der Waals surface area contributed by atoms with Gasteiger partial charge in [0.05, 0.1) is 0 Å². The molecule has 0 aromatic heterocycles. The molecule has 0 heterocycles. The molecule has 3 nitrogen and oxygen atoms in total. The van der Waals surface area contributed by atoms with E-state index in [-0.39, 0.29) is 11.8 Å². The van der Waals surface area contributed by atoms with Gasteiger partial charge < -0.3 is 10.6 Å².